The number of carbonyl (C=O) groups excluding carboxylic acids is 1. The second-order valence-electron chi connectivity index (χ2n) is 4.83. The van der Waals surface area contributed by atoms with Crippen molar-refractivity contribution in [2.45, 2.75) is 19.3 Å². The Morgan fingerprint density at radius 3 is 3.00 bits per heavy atom. The van der Waals surface area contributed by atoms with Crippen molar-refractivity contribution in [3.63, 3.8) is 0 Å². The Morgan fingerprint density at radius 2 is 2.20 bits per heavy atom. The van der Waals surface area contributed by atoms with Gasteiger partial charge in [0.05, 0.1) is 11.6 Å². The fourth-order valence-corrected chi connectivity index (χ4v) is 2.40. The molecule has 3 heterocycles. The van der Waals surface area contributed by atoms with Crippen molar-refractivity contribution < 1.29 is 4.79 Å². The number of carbonyl (C=O) groups is 1. The number of hydrogen-bond donors (Lipinski definition) is 3. The Kier molecular flexibility index (Phi) is 3.36. The third-order valence-electron chi connectivity index (χ3n) is 3.42. The van der Waals surface area contributed by atoms with Crippen LogP contribution in [0.25, 0.3) is 11.0 Å². The largest absolute Gasteiger partial charge is 0.369 e. The van der Waals surface area contributed by atoms with Gasteiger partial charge in [0.25, 0.3) is 0 Å². The van der Waals surface area contributed by atoms with E-state index in [1.165, 1.54) is 0 Å². The van der Waals surface area contributed by atoms with E-state index in [9.17, 15) is 4.79 Å². The van der Waals surface area contributed by atoms with Crippen LogP contribution in [0.5, 0.6) is 0 Å². The zero-order valence-electron chi connectivity index (χ0n) is 11.1. The molecular weight excluding hydrogens is 258 g/mol. The standard InChI is InChI=1S/C12H17N7O/c13-12-16-10(8-7-15-18-11(8)17-12)14-4-3-9(20)19-5-1-2-6-19/h7H,1-6H2,(H4,13,14,15,16,17,18). The van der Waals surface area contributed by atoms with Gasteiger partial charge in [0, 0.05) is 26.1 Å². The number of nitrogens with one attached hydrogen (secondary N) is 2. The second-order valence-corrected chi connectivity index (χ2v) is 4.83. The molecule has 0 aromatic carbocycles. The molecule has 1 fully saturated rings. The minimum Gasteiger partial charge on any atom is -0.369 e. The summed E-state index contributed by atoms with van der Waals surface area (Å²) >= 11 is 0. The Bertz CT molecular complexity index is 617. The van der Waals surface area contributed by atoms with Crippen LogP contribution >= 0.6 is 0 Å². The highest BCUT2D eigenvalue weighted by molar-refractivity contribution is 5.87. The number of rotatable bonds is 4. The molecule has 0 bridgehead atoms. The molecule has 0 atom stereocenters. The molecule has 1 saturated heterocycles. The maximum atomic E-state index is 11.9. The summed E-state index contributed by atoms with van der Waals surface area (Å²) < 4.78 is 0. The molecule has 2 aromatic heterocycles. The van der Waals surface area contributed by atoms with E-state index in [0.29, 0.717) is 24.4 Å². The summed E-state index contributed by atoms with van der Waals surface area (Å²) in [6.45, 7) is 2.28. The lowest BCUT2D eigenvalue weighted by Crippen LogP contribution is -2.29. The van der Waals surface area contributed by atoms with E-state index >= 15 is 0 Å². The lowest BCUT2D eigenvalue weighted by molar-refractivity contribution is -0.129. The Hall–Kier alpha value is -2.38. The van der Waals surface area contributed by atoms with E-state index in [2.05, 4.69) is 25.5 Å². The number of amides is 1. The molecule has 4 N–H and O–H groups in total. The first kappa shape index (κ1) is 12.6. The first-order chi connectivity index (χ1) is 9.74. The highest BCUT2D eigenvalue weighted by atomic mass is 16.2. The van der Waals surface area contributed by atoms with Crippen molar-refractivity contribution in [3.05, 3.63) is 6.20 Å². The maximum absolute atomic E-state index is 11.9. The molecule has 1 aliphatic rings. The summed E-state index contributed by atoms with van der Waals surface area (Å²) in [4.78, 5) is 22.0. The number of nitrogen functional groups attached to an aromatic ring is 1. The second kappa shape index (κ2) is 5.32. The molecule has 1 amide bonds. The van der Waals surface area contributed by atoms with Crippen LogP contribution in [0.4, 0.5) is 11.8 Å². The normalized spacial score (nSPS) is 14.9. The molecule has 0 radical (unpaired) electrons. The van der Waals surface area contributed by atoms with Gasteiger partial charge in [0.2, 0.25) is 11.9 Å². The molecular formula is C12H17N7O. The first-order valence-corrected chi connectivity index (χ1v) is 6.72. The van der Waals surface area contributed by atoms with Crippen LogP contribution in [-0.2, 0) is 4.79 Å². The van der Waals surface area contributed by atoms with E-state index < -0.39 is 0 Å². The van der Waals surface area contributed by atoms with Crippen LogP contribution in [0.1, 0.15) is 19.3 Å². The summed E-state index contributed by atoms with van der Waals surface area (Å²) in [6, 6.07) is 0. The fraction of sp³-hybridized carbons (Fsp3) is 0.500. The van der Waals surface area contributed by atoms with Crippen molar-refractivity contribution in [2.75, 3.05) is 30.7 Å². The van der Waals surface area contributed by atoms with E-state index in [1.54, 1.807) is 6.20 Å². The van der Waals surface area contributed by atoms with Gasteiger partial charge in [-0.15, -0.1) is 0 Å². The summed E-state index contributed by atoms with van der Waals surface area (Å²) in [5.41, 5.74) is 6.22. The molecule has 20 heavy (non-hydrogen) atoms. The predicted octanol–water partition coefficient (Wildman–Crippen LogP) is 0.359. The van der Waals surface area contributed by atoms with Gasteiger partial charge in [-0.3, -0.25) is 9.89 Å². The van der Waals surface area contributed by atoms with Crippen LogP contribution in [-0.4, -0.2) is 50.6 Å². The molecule has 8 heteroatoms. The average Bonchev–Trinajstić information content (AvgIpc) is 3.09. The Balaban J connectivity index is 1.62. The van der Waals surface area contributed by atoms with Crippen molar-refractivity contribution in [1.29, 1.82) is 0 Å². The summed E-state index contributed by atoms with van der Waals surface area (Å²) in [7, 11) is 0. The molecule has 0 spiro atoms. The zero-order valence-corrected chi connectivity index (χ0v) is 11.1. The number of nitrogens with zero attached hydrogens (tertiary/aromatic N) is 4. The predicted molar refractivity (Wildman–Crippen MR) is 75.0 cm³/mol. The Morgan fingerprint density at radius 1 is 1.40 bits per heavy atom. The van der Waals surface area contributed by atoms with Crippen LogP contribution in [0, 0.1) is 0 Å². The topological polar surface area (TPSA) is 113 Å². The number of likely N-dealkylation sites (tertiary alicyclic amines) is 1. The quantitative estimate of drug-likeness (QED) is 0.742. The van der Waals surface area contributed by atoms with Gasteiger partial charge in [0.1, 0.15) is 5.82 Å². The number of anilines is 2. The molecule has 0 saturated carbocycles. The lowest BCUT2D eigenvalue weighted by atomic mass is 10.3. The molecule has 1 aliphatic heterocycles. The third kappa shape index (κ3) is 2.49. The van der Waals surface area contributed by atoms with Crippen molar-refractivity contribution >= 4 is 28.7 Å². The van der Waals surface area contributed by atoms with E-state index in [1.807, 2.05) is 4.90 Å². The molecule has 0 unspecified atom stereocenters. The summed E-state index contributed by atoms with van der Waals surface area (Å²) in [5, 5.41) is 10.6. The van der Waals surface area contributed by atoms with Gasteiger partial charge in [0.15, 0.2) is 5.65 Å². The molecule has 2 aromatic rings. The van der Waals surface area contributed by atoms with Gasteiger partial charge in [-0.1, -0.05) is 0 Å². The SMILES string of the molecule is Nc1nc(NCCC(=O)N2CCCC2)c2cn[nH]c2n1. The van der Waals surface area contributed by atoms with Gasteiger partial charge in [-0.2, -0.15) is 15.1 Å². The van der Waals surface area contributed by atoms with Crippen LogP contribution in [0.3, 0.4) is 0 Å². The average molecular weight is 275 g/mol. The van der Waals surface area contributed by atoms with Gasteiger partial charge in [-0.25, -0.2) is 0 Å². The number of H-pyrrole nitrogens is 1. The van der Waals surface area contributed by atoms with E-state index in [0.717, 1.165) is 31.3 Å². The monoisotopic (exact) mass is 275 g/mol. The smallest absolute Gasteiger partial charge is 0.224 e. The molecule has 8 nitrogen and oxygen atoms in total. The molecule has 0 aliphatic carbocycles. The number of nitrogens with two attached hydrogens (primary N) is 1. The lowest BCUT2D eigenvalue weighted by Gasteiger charge is -2.15. The van der Waals surface area contributed by atoms with Crippen molar-refractivity contribution in [1.82, 2.24) is 25.1 Å². The van der Waals surface area contributed by atoms with Gasteiger partial charge >= 0.3 is 0 Å². The van der Waals surface area contributed by atoms with Crippen LogP contribution in [0.2, 0.25) is 0 Å². The molecule has 106 valence electrons. The molecule has 3 rings (SSSR count). The van der Waals surface area contributed by atoms with E-state index in [-0.39, 0.29) is 11.9 Å². The van der Waals surface area contributed by atoms with Crippen LogP contribution < -0.4 is 11.1 Å². The number of fused-ring (bicyclic) bond motifs is 1. The third-order valence-corrected chi connectivity index (χ3v) is 3.42. The number of hydrogen-bond acceptors (Lipinski definition) is 6. The van der Waals surface area contributed by atoms with Crippen LogP contribution in [0.15, 0.2) is 6.20 Å². The van der Waals surface area contributed by atoms with E-state index in [4.69, 9.17) is 5.73 Å². The minimum atomic E-state index is 0.176. The number of aromatic nitrogens is 4. The van der Waals surface area contributed by atoms with Gasteiger partial charge in [-0.05, 0) is 12.8 Å². The minimum absolute atomic E-state index is 0.176. The fourth-order valence-electron chi connectivity index (χ4n) is 2.40. The highest BCUT2D eigenvalue weighted by Crippen LogP contribution is 2.18. The summed E-state index contributed by atoms with van der Waals surface area (Å²) in [5.74, 6) is 0.964. The van der Waals surface area contributed by atoms with Gasteiger partial charge < -0.3 is 16.0 Å². The maximum Gasteiger partial charge on any atom is 0.224 e. The Labute approximate surface area is 115 Å². The first-order valence-electron chi connectivity index (χ1n) is 6.72. The zero-order chi connectivity index (χ0) is 13.9. The summed E-state index contributed by atoms with van der Waals surface area (Å²) in [6.07, 6.45) is 4.30. The highest BCUT2D eigenvalue weighted by Gasteiger charge is 2.17. The number of aromatic amines is 1. The van der Waals surface area contributed by atoms with Crippen molar-refractivity contribution in [2.24, 2.45) is 0 Å². The van der Waals surface area contributed by atoms with Crippen molar-refractivity contribution in [3.8, 4) is 0 Å².